The van der Waals surface area contributed by atoms with Gasteiger partial charge in [0.2, 0.25) is 0 Å². The molecule has 4 nitrogen and oxygen atoms in total. The third-order valence-electron chi connectivity index (χ3n) is 3.81. The fourth-order valence-corrected chi connectivity index (χ4v) is 3.87. The molecule has 0 saturated carbocycles. The van der Waals surface area contributed by atoms with Gasteiger partial charge < -0.3 is 9.67 Å². The predicted molar refractivity (Wildman–Crippen MR) is 96.8 cm³/mol. The van der Waals surface area contributed by atoms with E-state index in [1.54, 1.807) is 11.8 Å². The normalized spacial score (nSPS) is 11.1. The molecule has 1 aromatic heterocycles. The highest BCUT2D eigenvalue weighted by atomic mass is 32.2. The average Bonchev–Trinajstić information content (AvgIpc) is 3.03. The summed E-state index contributed by atoms with van der Waals surface area (Å²) in [6.45, 7) is 2.83. The molecule has 0 aliphatic carbocycles. The lowest BCUT2D eigenvalue weighted by Crippen LogP contribution is -2.06. The van der Waals surface area contributed by atoms with Crippen LogP contribution in [0.1, 0.15) is 35.5 Å². The van der Waals surface area contributed by atoms with Crippen molar-refractivity contribution in [3.8, 4) is 0 Å². The van der Waals surface area contributed by atoms with Gasteiger partial charge in [-0.25, -0.2) is 0 Å². The summed E-state index contributed by atoms with van der Waals surface area (Å²) in [5, 5.41) is 18.9. The largest absolute Gasteiger partial charge is 0.388 e. The van der Waals surface area contributed by atoms with Crippen LogP contribution in [0.2, 0.25) is 0 Å². The summed E-state index contributed by atoms with van der Waals surface area (Å²) in [7, 11) is 0. The zero-order chi connectivity index (χ0) is 16.8. The summed E-state index contributed by atoms with van der Waals surface area (Å²) >= 11 is 1.68. The molecule has 0 fully saturated rings. The van der Waals surface area contributed by atoms with E-state index in [1.165, 1.54) is 11.1 Å². The van der Waals surface area contributed by atoms with E-state index in [9.17, 15) is 5.11 Å². The van der Waals surface area contributed by atoms with Crippen LogP contribution >= 0.6 is 11.8 Å². The van der Waals surface area contributed by atoms with Crippen LogP contribution in [-0.2, 0) is 13.2 Å². The van der Waals surface area contributed by atoms with Crippen molar-refractivity contribution in [2.45, 2.75) is 36.9 Å². The minimum atomic E-state index is -0.0884. The molecule has 0 bridgehead atoms. The fourth-order valence-electron chi connectivity index (χ4n) is 2.66. The summed E-state index contributed by atoms with van der Waals surface area (Å²) in [5.41, 5.74) is 2.45. The maximum absolute atomic E-state index is 9.49. The van der Waals surface area contributed by atoms with Gasteiger partial charge in [-0.2, -0.15) is 0 Å². The summed E-state index contributed by atoms with van der Waals surface area (Å²) in [6, 6.07) is 20.8. The zero-order valence-corrected chi connectivity index (χ0v) is 14.5. The lowest BCUT2D eigenvalue weighted by Gasteiger charge is -2.18. The molecule has 0 aliphatic rings. The Labute approximate surface area is 146 Å². The molecule has 0 saturated heterocycles. The van der Waals surface area contributed by atoms with Crippen molar-refractivity contribution in [1.82, 2.24) is 14.8 Å². The number of aliphatic hydroxyl groups excluding tert-OH is 1. The van der Waals surface area contributed by atoms with Crippen LogP contribution in [0.25, 0.3) is 0 Å². The molecule has 0 spiro atoms. The van der Waals surface area contributed by atoms with Gasteiger partial charge in [0.15, 0.2) is 11.0 Å². The molecule has 3 rings (SSSR count). The molecule has 0 atom stereocenters. The highest BCUT2D eigenvalue weighted by Gasteiger charge is 2.20. The second-order valence-corrected chi connectivity index (χ2v) is 6.60. The molecule has 0 unspecified atom stereocenters. The molecular weight excluding hydrogens is 318 g/mol. The highest BCUT2D eigenvalue weighted by Crippen LogP contribution is 2.39. The average molecular weight is 339 g/mol. The van der Waals surface area contributed by atoms with Crippen LogP contribution in [0.5, 0.6) is 0 Å². The molecule has 1 N–H and O–H groups in total. The first-order valence-corrected chi connectivity index (χ1v) is 9.01. The summed E-state index contributed by atoms with van der Waals surface area (Å²) in [4.78, 5) is 0. The van der Waals surface area contributed by atoms with Gasteiger partial charge in [0.25, 0.3) is 0 Å². The second-order valence-electron chi connectivity index (χ2n) is 5.53. The first kappa shape index (κ1) is 16.7. The first-order chi connectivity index (χ1) is 11.8. The summed E-state index contributed by atoms with van der Waals surface area (Å²) in [5.74, 6) is 0.624. The quantitative estimate of drug-likeness (QED) is 0.660. The molecule has 0 aliphatic heterocycles. The number of hydrogen-bond acceptors (Lipinski definition) is 4. The van der Waals surface area contributed by atoms with Crippen molar-refractivity contribution >= 4 is 11.8 Å². The minimum absolute atomic E-state index is 0.0884. The number of nitrogens with zero attached hydrogens (tertiary/aromatic N) is 3. The van der Waals surface area contributed by atoms with Crippen molar-refractivity contribution in [2.75, 3.05) is 0 Å². The zero-order valence-electron chi connectivity index (χ0n) is 13.7. The van der Waals surface area contributed by atoms with Gasteiger partial charge in [-0.1, -0.05) is 79.3 Å². The Morgan fingerprint density at radius 3 is 2.04 bits per heavy atom. The molecule has 0 amide bonds. The maximum Gasteiger partial charge on any atom is 0.192 e. The number of aromatic nitrogens is 3. The predicted octanol–water partition coefficient (Wildman–Crippen LogP) is 4.06. The Morgan fingerprint density at radius 2 is 1.54 bits per heavy atom. The Hall–Kier alpha value is -2.11. The number of thioether (sulfide) groups is 1. The number of rotatable bonds is 7. The fraction of sp³-hybridized carbons (Fsp3) is 0.263. The molecule has 5 heteroatoms. The lowest BCUT2D eigenvalue weighted by atomic mass is 10.0. The van der Waals surface area contributed by atoms with Gasteiger partial charge in [-0.3, -0.25) is 0 Å². The lowest BCUT2D eigenvalue weighted by molar-refractivity contribution is 0.263. The van der Waals surface area contributed by atoms with Gasteiger partial charge >= 0.3 is 0 Å². The monoisotopic (exact) mass is 339 g/mol. The van der Waals surface area contributed by atoms with Gasteiger partial charge in [-0.05, 0) is 17.5 Å². The molecular formula is C19H21N3OS. The molecule has 2 aromatic carbocycles. The van der Waals surface area contributed by atoms with E-state index in [0.29, 0.717) is 5.82 Å². The summed E-state index contributed by atoms with van der Waals surface area (Å²) in [6.07, 6.45) is 0.972. The molecule has 24 heavy (non-hydrogen) atoms. The van der Waals surface area contributed by atoms with Crippen molar-refractivity contribution < 1.29 is 5.11 Å². The van der Waals surface area contributed by atoms with Crippen LogP contribution in [0.4, 0.5) is 0 Å². The van der Waals surface area contributed by atoms with E-state index in [4.69, 9.17) is 0 Å². The van der Waals surface area contributed by atoms with E-state index in [1.807, 2.05) is 16.7 Å². The highest BCUT2D eigenvalue weighted by molar-refractivity contribution is 7.99. The Morgan fingerprint density at radius 1 is 0.958 bits per heavy atom. The van der Waals surface area contributed by atoms with E-state index in [0.717, 1.165) is 18.1 Å². The van der Waals surface area contributed by atoms with E-state index >= 15 is 0 Å². The third-order valence-corrected chi connectivity index (χ3v) is 5.10. The van der Waals surface area contributed by atoms with Gasteiger partial charge in [0, 0.05) is 6.54 Å². The van der Waals surface area contributed by atoms with E-state index in [-0.39, 0.29) is 11.9 Å². The Balaban J connectivity index is 1.98. The second kappa shape index (κ2) is 8.13. The molecule has 3 aromatic rings. The summed E-state index contributed by atoms with van der Waals surface area (Å²) < 4.78 is 2.02. The minimum Gasteiger partial charge on any atom is -0.388 e. The Kier molecular flexibility index (Phi) is 5.67. The van der Waals surface area contributed by atoms with Crippen molar-refractivity contribution in [2.24, 2.45) is 0 Å². The number of benzene rings is 2. The van der Waals surface area contributed by atoms with Gasteiger partial charge in [-0.15, -0.1) is 10.2 Å². The van der Waals surface area contributed by atoms with Crippen molar-refractivity contribution in [3.63, 3.8) is 0 Å². The maximum atomic E-state index is 9.49. The van der Waals surface area contributed by atoms with E-state index < -0.39 is 0 Å². The first-order valence-electron chi connectivity index (χ1n) is 8.13. The SMILES string of the molecule is CCCn1c(CO)nnc1SC(c1ccccc1)c1ccccc1. The third kappa shape index (κ3) is 3.68. The topological polar surface area (TPSA) is 50.9 Å². The van der Waals surface area contributed by atoms with Crippen LogP contribution in [0.15, 0.2) is 65.8 Å². The smallest absolute Gasteiger partial charge is 0.192 e. The van der Waals surface area contributed by atoms with Crippen molar-refractivity contribution in [3.05, 3.63) is 77.6 Å². The number of hydrogen-bond donors (Lipinski definition) is 1. The molecule has 0 radical (unpaired) electrons. The number of aliphatic hydroxyl groups is 1. The van der Waals surface area contributed by atoms with Gasteiger partial charge in [0.05, 0.1) is 5.25 Å². The standard InChI is InChI=1S/C19H21N3OS/c1-2-13-22-17(14-23)20-21-19(22)24-18(15-9-5-3-6-10-15)16-11-7-4-8-12-16/h3-12,18,23H,2,13-14H2,1H3. The van der Waals surface area contributed by atoms with Crippen LogP contribution in [0.3, 0.4) is 0 Å². The molecule has 124 valence electrons. The molecule has 1 heterocycles. The van der Waals surface area contributed by atoms with Crippen molar-refractivity contribution in [1.29, 1.82) is 0 Å². The van der Waals surface area contributed by atoms with Crippen LogP contribution in [0, 0.1) is 0 Å². The Bertz CT molecular complexity index is 719. The van der Waals surface area contributed by atoms with Crippen LogP contribution in [-0.4, -0.2) is 19.9 Å². The van der Waals surface area contributed by atoms with Crippen LogP contribution < -0.4 is 0 Å². The van der Waals surface area contributed by atoms with Gasteiger partial charge in [0.1, 0.15) is 6.61 Å². The van der Waals surface area contributed by atoms with E-state index in [2.05, 4.69) is 65.7 Å².